The van der Waals surface area contributed by atoms with Gasteiger partial charge in [-0.25, -0.2) is 9.78 Å². The summed E-state index contributed by atoms with van der Waals surface area (Å²) in [5.74, 6) is -1.01. The number of rotatable bonds is 5. The quantitative estimate of drug-likeness (QED) is 0.509. The Morgan fingerprint density at radius 1 is 1.24 bits per heavy atom. The maximum atomic E-state index is 12.4. The molecule has 1 aliphatic rings. The van der Waals surface area contributed by atoms with Gasteiger partial charge in [-0.2, -0.15) is 0 Å². The first-order valence-electron chi connectivity index (χ1n) is 9.45. The molecule has 1 aromatic carbocycles. The van der Waals surface area contributed by atoms with Crippen LogP contribution in [0.1, 0.15) is 30.2 Å². The van der Waals surface area contributed by atoms with E-state index in [1.807, 2.05) is 36.4 Å². The Balaban J connectivity index is 1.38. The summed E-state index contributed by atoms with van der Waals surface area (Å²) in [4.78, 5) is 28.7. The number of nitrogens with one attached hydrogen (secondary N) is 1. The highest BCUT2D eigenvalue weighted by Crippen LogP contribution is 2.25. The van der Waals surface area contributed by atoms with Crippen LogP contribution in [0.2, 0.25) is 5.15 Å². The largest absolute Gasteiger partial charge is 0.449 e. The highest BCUT2D eigenvalue weighted by atomic mass is 35.5. The Morgan fingerprint density at radius 2 is 2.07 bits per heavy atom. The van der Waals surface area contributed by atoms with E-state index >= 15 is 0 Å². The molecule has 0 aliphatic heterocycles. The molecule has 0 saturated heterocycles. The number of anilines is 1. The van der Waals surface area contributed by atoms with Crippen LogP contribution in [0.3, 0.4) is 0 Å². The first kappa shape index (κ1) is 19.2. The van der Waals surface area contributed by atoms with Crippen molar-refractivity contribution in [3.63, 3.8) is 0 Å². The van der Waals surface area contributed by atoms with Gasteiger partial charge in [-0.05, 0) is 67.7 Å². The van der Waals surface area contributed by atoms with E-state index in [-0.39, 0.29) is 11.1 Å². The minimum absolute atomic E-state index is 0.280. The Bertz CT molecular complexity index is 1120. The average Bonchev–Trinajstić information content (AvgIpc) is 3.29. The van der Waals surface area contributed by atoms with Gasteiger partial charge in [-0.15, -0.1) is 0 Å². The standard InChI is InChI=1S/C22H20ClN3O3/c1-14(22(28)24-17-9-8-15-5-4-6-16(15)13-17)29-20(27)11-10-18-21(23)25-19-7-2-3-12-26(18)19/h2-3,7-14H,4-6H2,1H3,(H,24,28)/b11-10+/t14-/m0/s1. The van der Waals surface area contributed by atoms with E-state index in [0.29, 0.717) is 17.0 Å². The lowest BCUT2D eigenvalue weighted by atomic mass is 10.1. The predicted octanol–water partition coefficient (Wildman–Crippen LogP) is 4.06. The maximum absolute atomic E-state index is 12.4. The molecule has 3 aromatic rings. The summed E-state index contributed by atoms with van der Waals surface area (Å²) in [6.45, 7) is 1.54. The number of halogens is 1. The number of carbonyl (C=O) groups excluding carboxylic acids is 2. The molecule has 4 rings (SSSR count). The summed E-state index contributed by atoms with van der Waals surface area (Å²) in [5.41, 5.74) is 4.55. The lowest BCUT2D eigenvalue weighted by molar-refractivity contribution is -0.148. The molecule has 1 atom stereocenters. The van der Waals surface area contributed by atoms with E-state index in [9.17, 15) is 9.59 Å². The predicted molar refractivity (Wildman–Crippen MR) is 112 cm³/mol. The molecule has 7 heteroatoms. The number of fused-ring (bicyclic) bond motifs is 2. The van der Waals surface area contributed by atoms with E-state index < -0.39 is 12.1 Å². The molecule has 0 fully saturated rings. The molecule has 148 valence electrons. The van der Waals surface area contributed by atoms with Crippen molar-refractivity contribution in [2.75, 3.05) is 5.32 Å². The third-order valence-electron chi connectivity index (χ3n) is 4.93. The number of hydrogen-bond acceptors (Lipinski definition) is 4. The van der Waals surface area contributed by atoms with Gasteiger partial charge in [0.1, 0.15) is 5.65 Å². The number of hydrogen-bond donors (Lipinski definition) is 1. The Labute approximate surface area is 173 Å². The van der Waals surface area contributed by atoms with Gasteiger partial charge in [0.15, 0.2) is 11.3 Å². The fourth-order valence-corrected chi connectivity index (χ4v) is 3.68. The van der Waals surface area contributed by atoms with Gasteiger partial charge in [0.05, 0.1) is 5.69 Å². The molecule has 1 amide bonds. The number of aromatic nitrogens is 2. The molecule has 29 heavy (non-hydrogen) atoms. The third kappa shape index (κ3) is 4.17. The Morgan fingerprint density at radius 3 is 2.93 bits per heavy atom. The molecule has 2 aromatic heterocycles. The molecule has 2 heterocycles. The molecule has 6 nitrogen and oxygen atoms in total. The number of esters is 1. The second-order valence-corrected chi connectivity index (χ2v) is 7.31. The Hall–Kier alpha value is -3.12. The van der Waals surface area contributed by atoms with Gasteiger partial charge in [-0.3, -0.25) is 9.20 Å². The maximum Gasteiger partial charge on any atom is 0.331 e. The van der Waals surface area contributed by atoms with Gasteiger partial charge >= 0.3 is 5.97 Å². The van der Waals surface area contributed by atoms with Crippen LogP contribution in [-0.4, -0.2) is 27.4 Å². The number of ether oxygens (including phenoxy) is 1. The van der Waals surface area contributed by atoms with Crippen LogP contribution in [0.4, 0.5) is 5.69 Å². The molecule has 1 N–H and O–H groups in total. The average molecular weight is 410 g/mol. The lowest BCUT2D eigenvalue weighted by Gasteiger charge is -2.13. The van der Waals surface area contributed by atoms with Gasteiger partial charge < -0.3 is 10.1 Å². The van der Waals surface area contributed by atoms with Crippen molar-refractivity contribution in [2.24, 2.45) is 0 Å². The van der Waals surface area contributed by atoms with E-state index in [2.05, 4.69) is 10.3 Å². The van der Waals surface area contributed by atoms with Crippen molar-refractivity contribution in [3.05, 3.63) is 70.6 Å². The summed E-state index contributed by atoms with van der Waals surface area (Å²) in [6.07, 6.45) is 6.88. The summed E-state index contributed by atoms with van der Waals surface area (Å²) in [6, 6.07) is 11.4. The normalized spacial score (nSPS) is 14.1. The summed E-state index contributed by atoms with van der Waals surface area (Å²) >= 11 is 6.14. The molecule has 0 radical (unpaired) electrons. The van der Waals surface area contributed by atoms with Crippen LogP contribution in [0.15, 0.2) is 48.7 Å². The molecule has 1 aliphatic carbocycles. The van der Waals surface area contributed by atoms with Crippen LogP contribution >= 0.6 is 11.6 Å². The van der Waals surface area contributed by atoms with E-state index in [1.165, 1.54) is 30.2 Å². The lowest BCUT2D eigenvalue weighted by Crippen LogP contribution is -2.29. The second kappa shape index (κ2) is 8.09. The zero-order valence-corrected chi connectivity index (χ0v) is 16.6. The molecule has 0 saturated carbocycles. The van der Waals surface area contributed by atoms with Crippen LogP contribution < -0.4 is 5.32 Å². The number of imidazole rings is 1. The zero-order valence-electron chi connectivity index (χ0n) is 15.9. The fourth-order valence-electron chi connectivity index (χ4n) is 3.44. The van der Waals surface area contributed by atoms with Gasteiger partial charge in [0, 0.05) is 18.0 Å². The first-order valence-corrected chi connectivity index (χ1v) is 9.83. The minimum atomic E-state index is -0.932. The zero-order chi connectivity index (χ0) is 20.4. The van der Waals surface area contributed by atoms with Crippen LogP contribution in [0.5, 0.6) is 0 Å². The molecule has 0 spiro atoms. The van der Waals surface area contributed by atoms with Crippen molar-refractivity contribution in [2.45, 2.75) is 32.3 Å². The number of nitrogens with zero attached hydrogens (tertiary/aromatic N) is 2. The van der Waals surface area contributed by atoms with Crippen LogP contribution in [0, 0.1) is 0 Å². The van der Waals surface area contributed by atoms with Crippen molar-refractivity contribution < 1.29 is 14.3 Å². The summed E-state index contributed by atoms with van der Waals surface area (Å²) < 4.78 is 6.98. The number of benzene rings is 1. The highest BCUT2D eigenvalue weighted by molar-refractivity contribution is 6.31. The van der Waals surface area contributed by atoms with Gasteiger partial charge in [-0.1, -0.05) is 23.7 Å². The van der Waals surface area contributed by atoms with Gasteiger partial charge in [0.2, 0.25) is 0 Å². The number of aryl methyl sites for hydroxylation is 2. The number of carbonyl (C=O) groups is 2. The second-order valence-electron chi connectivity index (χ2n) is 6.96. The topological polar surface area (TPSA) is 72.7 Å². The minimum Gasteiger partial charge on any atom is -0.449 e. The van der Waals surface area contributed by atoms with Crippen molar-refractivity contribution >= 4 is 40.9 Å². The first-order chi connectivity index (χ1) is 14.0. The Kier molecular flexibility index (Phi) is 5.36. The molecular formula is C22H20ClN3O3. The highest BCUT2D eigenvalue weighted by Gasteiger charge is 2.18. The third-order valence-corrected chi connectivity index (χ3v) is 5.21. The van der Waals surface area contributed by atoms with Crippen LogP contribution in [-0.2, 0) is 27.2 Å². The van der Waals surface area contributed by atoms with Crippen molar-refractivity contribution in [3.8, 4) is 0 Å². The number of amides is 1. The summed E-state index contributed by atoms with van der Waals surface area (Å²) in [7, 11) is 0. The van der Waals surface area contributed by atoms with E-state index in [1.54, 1.807) is 10.6 Å². The van der Waals surface area contributed by atoms with E-state index in [0.717, 1.165) is 19.3 Å². The van der Waals surface area contributed by atoms with Crippen LogP contribution in [0.25, 0.3) is 11.7 Å². The monoisotopic (exact) mass is 409 g/mol. The van der Waals surface area contributed by atoms with Crippen molar-refractivity contribution in [1.82, 2.24) is 9.38 Å². The fraction of sp³-hybridized carbons (Fsp3) is 0.227. The molecular weight excluding hydrogens is 390 g/mol. The van der Waals surface area contributed by atoms with Gasteiger partial charge in [0.25, 0.3) is 5.91 Å². The SMILES string of the molecule is C[C@H](OC(=O)/C=C/c1c(Cl)nc2ccccn12)C(=O)Nc1ccc2c(c1)CCC2. The van der Waals surface area contributed by atoms with E-state index in [4.69, 9.17) is 16.3 Å². The summed E-state index contributed by atoms with van der Waals surface area (Å²) in [5, 5.41) is 3.08. The molecule has 0 unspecified atom stereocenters. The van der Waals surface area contributed by atoms with Crippen molar-refractivity contribution in [1.29, 1.82) is 0 Å². The molecule has 0 bridgehead atoms. The number of pyridine rings is 1. The smallest absolute Gasteiger partial charge is 0.331 e.